The van der Waals surface area contributed by atoms with Gasteiger partial charge in [-0.25, -0.2) is 0 Å². The van der Waals surface area contributed by atoms with E-state index in [1.54, 1.807) is 12.1 Å². The molecule has 0 unspecified atom stereocenters. The van der Waals surface area contributed by atoms with E-state index >= 15 is 0 Å². The van der Waals surface area contributed by atoms with Crippen LogP contribution in [-0.2, 0) is 11.2 Å². The highest BCUT2D eigenvalue weighted by molar-refractivity contribution is 9.10. The highest BCUT2D eigenvalue weighted by atomic mass is 79.9. The van der Waals surface area contributed by atoms with Gasteiger partial charge >= 0.3 is 0 Å². The van der Waals surface area contributed by atoms with E-state index in [2.05, 4.69) is 15.9 Å². The van der Waals surface area contributed by atoms with Crippen LogP contribution in [0.5, 0.6) is 0 Å². The van der Waals surface area contributed by atoms with Gasteiger partial charge in [-0.3, -0.25) is 4.79 Å². The Hall–Kier alpha value is -0.0500. The lowest BCUT2D eigenvalue weighted by atomic mass is 10.1. The Morgan fingerprint density at radius 2 is 2.15 bits per heavy atom. The van der Waals surface area contributed by atoms with Crippen LogP contribution in [0.4, 0.5) is 0 Å². The van der Waals surface area contributed by atoms with Gasteiger partial charge in [-0.2, -0.15) is 0 Å². The topological polar surface area (TPSA) is 17.1 Å². The summed E-state index contributed by atoms with van der Waals surface area (Å²) in [5.41, 5.74) is 1.04. The van der Waals surface area contributed by atoms with E-state index in [0.29, 0.717) is 17.9 Å². The number of hydrogen-bond acceptors (Lipinski definition) is 1. The normalized spacial score (nSPS) is 10.1. The third-order valence-electron chi connectivity index (χ3n) is 1.61. The molecule has 0 fully saturated rings. The van der Waals surface area contributed by atoms with Crippen molar-refractivity contribution in [3.05, 3.63) is 33.3 Å². The smallest absolute Gasteiger partial charge is 0.221 e. The van der Waals surface area contributed by atoms with E-state index in [9.17, 15) is 4.79 Å². The Bertz CT molecular complexity index is 325. The average molecular weight is 282 g/mol. The van der Waals surface area contributed by atoms with Gasteiger partial charge in [0.1, 0.15) is 0 Å². The van der Waals surface area contributed by atoms with Crippen molar-refractivity contribution in [2.75, 3.05) is 0 Å². The molecule has 0 aliphatic rings. The molecule has 0 heterocycles. The molecule has 1 rings (SSSR count). The first-order valence-electron chi connectivity index (χ1n) is 3.72. The van der Waals surface area contributed by atoms with Crippen LogP contribution >= 0.6 is 39.1 Å². The summed E-state index contributed by atoms with van der Waals surface area (Å²) in [7, 11) is 0. The van der Waals surface area contributed by atoms with Gasteiger partial charge in [0.15, 0.2) is 0 Å². The molecular weight excluding hydrogens is 275 g/mol. The molecule has 0 N–H and O–H groups in total. The molecular formula is C9H7BrCl2O. The minimum absolute atomic E-state index is 0.318. The summed E-state index contributed by atoms with van der Waals surface area (Å²) >= 11 is 14.3. The van der Waals surface area contributed by atoms with Crippen molar-refractivity contribution >= 4 is 44.4 Å². The van der Waals surface area contributed by atoms with E-state index in [-0.39, 0.29) is 5.24 Å². The molecule has 0 amide bonds. The number of rotatable bonds is 3. The van der Waals surface area contributed by atoms with Gasteiger partial charge in [-0.1, -0.05) is 33.6 Å². The molecule has 0 spiro atoms. The molecule has 0 aromatic heterocycles. The zero-order chi connectivity index (χ0) is 9.84. The number of benzene rings is 1. The van der Waals surface area contributed by atoms with Crippen LogP contribution in [0.3, 0.4) is 0 Å². The fourth-order valence-electron chi connectivity index (χ4n) is 0.957. The van der Waals surface area contributed by atoms with Crippen LogP contribution in [0.1, 0.15) is 12.0 Å². The molecule has 70 valence electrons. The zero-order valence-electron chi connectivity index (χ0n) is 6.69. The molecule has 0 aliphatic carbocycles. The maximum Gasteiger partial charge on any atom is 0.221 e. The maximum absolute atomic E-state index is 10.5. The van der Waals surface area contributed by atoms with Gasteiger partial charge in [-0.05, 0) is 35.7 Å². The van der Waals surface area contributed by atoms with Crippen molar-refractivity contribution < 1.29 is 4.79 Å². The van der Waals surface area contributed by atoms with Gasteiger partial charge in [0.05, 0.1) is 0 Å². The lowest BCUT2D eigenvalue weighted by molar-refractivity contribution is -0.111. The first kappa shape index (κ1) is 11.0. The molecule has 1 nitrogen and oxygen atoms in total. The van der Waals surface area contributed by atoms with Gasteiger partial charge < -0.3 is 0 Å². The van der Waals surface area contributed by atoms with Crippen molar-refractivity contribution in [1.29, 1.82) is 0 Å². The number of halogens is 3. The Labute approximate surface area is 95.2 Å². The molecule has 4 heteroatoms. The Balaban J connectivity index is 2.72. The fourth-order valence-corrected chi connectivity index (χ4v) is 1.93. The van der Waals surface area contributed by atoms with Crippen molar-refractivity contribution in [1.82, 2.24) is 0 Å². The highest BCUT2D eigenvalue weighted by Gasteiger charge is 2.02. The van der Waals surface area contributed by atoms with Crippen LogP contribution in [-0.4, -0.2) is 5.24 Å². The summed E-state index contributed by atoms with van der Waals surface area (Å²) in [4.78, 5) is 10.5. The molecule has 1 aromatic carbocycles. The largest absolute Gasteiger partial charge is 0.281 e. The van der Waals surface area contributed by atoms with Crippen molar-refractivity contribution in [3.8, 4) is 0 Å². The maximum atomic E-state index is 10.5. The van der Waals surface area contributed by atoms with Gasteiger partial charge in [-0.15, -0.1) is 0 Å². The van der Waals surface area contributed by atoms with Crippen LogP contribution in [0.25, 0.3) is 0 Å². The Morgan fingerprint density at radius 1 is 1.46 bits per heavy atom. The van der Waals surface area contributed by atoms with Crippen molar-refractivity contribution in [2.45, 2.75) is 12.8 Å². The Kier molecular flexibility index (Phi) is 4.23. The molecule has 0 bridgehead atoms. The lowest BCUT2D eigenvalue weighted by Crippen LogP contribution is -1.92. The van der Waals surface area contributed by atoms with Crippen LogP contribution < -0.4 is 0 Å². The number of aryl methyl sites for hydroxylation is 1. The van der Waals surface area contributed by atoms with Gasteiger partial charge in [0, 0.05) is 15.9 Å². The third-order valence-corrected chi connectivity index (χ3v) is 2.77. The summed E-state index contributed by atoms with van der Waals surface area (Å²) < 4.78 is 0.915. The minimum Gasteiger partial charge on any atom is -0.281 e. The molecule has 0 radical (unpaired) electrons. The Morgan fingerprint density at radius 3 is 2.69 bits per heavy atom. The summed E-state index contributed by atoms with van der Waals surface area (Å²) in [5, 5.41) is 0.356. The second kappa shape index (κ2) is 4.99. The van der Waals surface area contributed by atoms with Crippen molar-refractivity contribution in [2.24, 2.45) is 0 Å². The zero-order valence-corrected chi connectivity index (χ0v) is 9.79. The number of carbonyl (C=O) groups is 1. The number of carbonyl (C=O) groups excluding carboxylic acids is 1. The monoisotopic (exact) mass is 280 g/mol. The molecule has 0 aliphatic heterocycles. The minimum atomic E-state index is -0.318. The third kappa shape index (κ3) is 3.67. The fraction of sp³-hybridized carbons (Fsp3) is 0.222. The highest BCUT2D eigenvalue weighted by Crippen LogP contribution is 2.22. The molecule has 0 atom stereocenters. The molecule has 0 saturated carbocycles. The molecule has 1 aromatic rings. The summed E-state index contributed by atoms with van der Waals surface area (Å²) in [6.07, 6.45) is 0.988. The van der Waals surface area contributed by atoms with Gasteiger partial charge in [0.25, 0.3) is 0 Å². The van der Waals surface area contributed by atoms with E-state index in [0.717, 1.165) is 10.0 Å². The second-order valence-corrected chi connectivity index (χ2v) is 4.30. The average Bonchev–Trinajstić information content (AvgIpc) is 2.02. The van der Waals surface area contributed by atoms with E-state index in [1.807, 2.05) is 6.07 Å². The van der Waals surface area contributed by atoms with Crippen molar-refractivity contribution in [3.63, 3.8) is 0 Å². The van der Waals surface area contributed by atoms with E-state index in [4.69, 9.17) is 23.2 Å². The molecule has 0 saturated heterocycles. The van der Waals surface area contributed by atoms with Crippen LogP contribution in [0, 0.1) is 0 Å². The summed E-state index contributed by atoms with van der Waals surface area (Å²) in [6, 6.07) is 5.47. The van der Waals surface area contributed by atoms with E-state index in [1.165, 1.54) is 0 Å². The number of hydrogen-bond donors (Lipinski definition) is 0. The summed E-state index contributed by atoms with van der Waals surface area (Å²) in [5.74, 6) is 0. The predicted octanol–water partition coefficient (Wildman–Crippen LogP) is 3.80. The molecule has 13 heavy (non-hydrogen) atoms. The first-order chi connectivity index (χ1) is 6.09. The van der Waals surface area contributed by atoms with Crippen LogP contribution in [0.2, 0.25) is 5.02 Å². The second-order valence-electron chi connectivity index (χ2n) is 2.59. The summed E-state index contributed by atoms with van der Waals surface area (Å²) in [6.45, 7) is 0. The quantitative estimate of drug-likeness (QED) is 0.770. The predicted molar refractivity (Wildman–Crippen MR) is 58.3 cm³/mol. The lowest BCUT2D eigenvalue weighted by Gasteiger charge is -2.02. The van der Waals surface area contributed by atoms with Crippen LogP contribution in [0.15, 0.2) is 22.7 Å². The van der Waals surface area contributed by atoms with E-state index < -0.39 is 0 Å². The van der Waals surface area contributed by atoms with Gasteiger partial charge in [0.2, 0.25) is 5.24 Å². The standard InChI is InChI=1S/C9H7BrCl2O/c10-8-5-7(11)3-1-6(8)2-4-9(12)13/h1,3,5H,2,4H2. The SMILES string of the molecule is O=C(Cl)CCc1ccc(Cl)cc1Br. The first-order valence-corrected chi connectivity index (χ1v) is 5.27.